The second-order valence-corrected chi connectivity index (χ2v) is 11.8. The fourth-order valence-corrected chi connectivity index (χ4v) is 6.87. The third-order valence-corrected chi connectivity index (χ3v) is 9.27. The Morgan fingerprint density at radius 3 is 2.28 bits per heavy atom. The summed E-state index contributed by atoms with van der Waals surface area (Å²) in [5.74, 6) is 4.34. The van der Waals surface area contributed by atoms with Crippen molar-refractivity contribution in [2.45, 2.75) is 31.7 Å². The van der Waals surface area contributed by atoms with Crippen molar-refractivity contribution in [3.05, 3.63) is 88.0 Å². The largest absolute Gasteiger partial charge is 0.504 e. The molecule has 4 heterocycles. The highest BCUT2D eigenvalue weighted by atomic mass is 16.5. The fraction of sp³-hybridized carbons (Fsp3) is 0.324. The van der Waals surface area contributed by atoms with Crippen LogP contribution in [0.25, 0.3) is 0 Å². The number of fused-ring (bicyclic) bond motifs is 2. The second kappa shape index (κ2) is 12.1. The molecule has 0 saturated heterocycles. The summed E-state index contributed by atoms with van der Waals surface area (Å²) in [5.41, 5.74) is 6.83. The first-order valence-corrected chi connectivity index (χ1v) is 15.5. The zero-order valence-corrected chi connectivity index (χ0v) is 26.8. The molecule has 9 nitrogen and oxygen atoms in total. The molecule has 0 radical (unpaired) electrons. The molecular formula is C37H38N2O7. The lowest BCUT2D eigenvalue weighted by atomic mass is 9.87. The van der Waals surface area contributed by atoms with Gasteiger partial charge in [0.1, 0.15) is 5.75 Å². The third kappa shape index (κ3) is 5.14. The molecule has 0 fully saturated rings. The Morgan fingerprint density at radius 2 is 1.54 bits per heavy atom. The molecule has 10 bridgehead atoms. The van der Waals surface area contributed by atoms with Crippen LogP contribution in [-0.4, -0.2) is 64.3 Å². The highest BCUT2D eigenvalue weighted by Gasteiger charge is 2.33. The topological polar surface area (TPSA) is 91.2 Å². The fourth-order valence-electron chi connectivity index (χ4n) is 6.87. The van der Waals surface area contributed by atoms with Gasteiger partial charge in [-0.25, -0.2) is 0 Å². The van der Waals surface area contributed by atoms with Crippen molar-refractivity contribution >= 4 is 5.71 Å². The van der Waals surface area contributed by atoms with E-state index < -0.39 is 0 Å². The molecule has 4 aromatic carbocycles. The molecule has 4 aromatic rings. The lowest BCUT2D eigenvalue weighted by Gasteiger charge is -2.36. The smallest absolute Gasteiger partial charge is 0.204 e. The molecule has 1 N–H and O–H groups in total. The van der Waals surface area contributed by atoms with Crippen molar-refractivity contribution in [2.75, 3.05) is 48.6 Å². The maximum atomic E-state index is 11.6. The van der Waals surface area contributed by atoms with Crippen LogP contribution >= 0.6 is 0 Å². The summed E-state index contributed by atoms with van der Waals surface area (Å²) in [5, 5.41) is 11.6. The summed E-state index contributed by atoms with van der Waals surface area (Å²) >= 11 is 0. The zero-order chi connectivity index (χ0) is 31.9. The number of benzene rings is 4. The van der Waals surface area contributed by atoms with E-state index in [1.54, 1.807) is 28.4 Å². The minimum atomic E-state index is -0.0506. The van der Waals surface area contributed by atoms with Crippen LogP contribution in [0.3, 0.4) is 0 Å². The predicted octanol–water partition coefficient (Wildman–Crippen LogP) is 6.68. The minimum absolute atomic E-state index is 0.0506. The van der Waals surface area contributed by atoms with E-state index >= 15 is 0 Å². The molecule has 4 aliphatic heterocycles. The van der Waals surface area contributed by atoms with Gasteiger partial charge in [0.2, 0.25) is 11.5 Å². The number of aliphatic imine (C=N–C) groups is 1. The van der Waals surface area contributed by atoms with E-state index in [4.69, 9.17) is 33.4 Å². The van der Waals surface area contributed by atoms with Gasteiger partial charge in [-0.15, -0.1) is 0 Å². The number of hydrogen-bond donors (Lipinski definition) is 1. The van der Waals surface area contributed by atoms with E-state index in [1.165, 1.54) is 0 Å². The highest BCUT2D eigenvalue weighted by Crippen LogP contribution is 2.52. The zero-order valence-electron chi connectivity index (χ0n) is 26.8. The number of hydrogen-bond acceptors (Lipinski definition) is 9. The van der Waals surface area contributed by atoms with Crippen LogP contribution in [-0.2, 0) is 25.7 Å². The summed E-state index contributed by atoms with van der Waals surface area (Å²) in [6, 6.07) is 18.0. The van der Waals surface area contributed by atoms with Crippen molar-refractivity contribution in [1.29, 1.82) is 0 Å². The first-order valence-electron chi connectivity index (χ1n) is 15.5. The van der Waals surface area contributed by atoms with Crippen molar-refractivity contribution in [1.82, 2.24) is 4.90 Å². The van der Waals surface area contributed by atoms with Crippen LogP contribution in [0.5, 0.6) is 51.7 Å². The number of likely N-dealkylation sites (N-methyl/N-ethyl adjacent to an activating group) is 1. The van der Waals surface area contributed by atoms with Gasteiger partial charge in [-0.3, -0.25) is 9.89 Å². The lowest BCUT2D eigenvalue weighted by molar-refractivity contribution is 0.224. The lowest BCUT2D eigenvalue weighted by Crippen LogP contribution is -2.33. The van der Waals surface area contributed by atoms with Gasteiger partial charge in [0.25, 0.3) is 0 Å². The van der Waals surface area contributed by atoms with Crippen molar-refractivity contribution < 1.29 is 33.5 Å². The van der Waals surface area contributed by atoms with E-state index in [2.05, 4.69) is 30.1 Å². The normalized spacial score (nSPS) is 17.0. The quantitative estimate of drug-likeness (QED) is 0.270. The van der Waals surface area contributed by atoms with Crippen LogP contribution < -0.4 is 28.4 Å². The van der Waals surface area contributed by atoms with Crippen LogP contribution in [0, 0.1) is 0 Å². The van der Waals surface area contributed by atoms with Gasteiger partial charge in [-0.05, 0) is 79.4 Å². The van der Waals surface area contributed by atoms with Gasteiger partial charge in [0.15, 0.2) is 34.5 Å². The maximum absolute atomic E-state index is 11.6. The minimum Gasteiger partial charge on any atom is -0.504 e. The Bertz CT molecular complexity index is 1830. The molecule has 9 heteroatoms. The van der Waals surface area contributed by atoms with Gasteiger partial charge < -0.3 is 33.5 Å². The van der Waals surface area contributed by atoms with Gasteiger partial charge >= 0.3 is 0 Å². The molecule has 1 atom stereocenters. The molecule has 0 aliphatic carbocycles. The van der Waals surface area contributed by atoms with Crippen LogP contribution in [0.15, 0.2) is 59.6 Å². The summed E-state index contributed by atoms with van der Waals surface area (Å²) in [6.07, 6.45) is 2.61. The van der Waals surface area contributed by atoms with Crippen molar-refractivity contribution in [3.8, 4) is 51.7 Å². The van der Waals surface area contributed by atoms with E-state index in [9.17, 15) is 5.11 Å². The molecular weight excluding hydrogens is 584 g/mol. The average Bonchev–Trinajstić information content (AvgIpc) is 3.07. The third-order valence-electron chi connectivity index (χ3n) is 9.27. The first-order chi connectivity index (χ1) is 22.4. The monoisotopic (exact) mass is 622 g/mol. The van der Waals surface area contributed by atoms with Gasteiger partial charge in [-0.2, -0.15) is 0 Å². The van der Waals surface area contributed by atoms with E-state index in [0.29, 0.717) is 72.5 Å². The van der Waals surface area contributed by atoms with Crippen LogP contribution in [0.1, 0.15) is 39.4 Å². The molecule has 4 aliphatic rings. The molecule has 238 valence electrons. The number of aromatic hydroxyl groups is 1. The van der Waals surface area contributed by atoms with E-state index in [0.717, 1.165) is 45.6 Å². The van der Waals surface area contributed by atoms with Crippen LogP contribution in [0.4, 0.5) is 0 Å². The molecule has 46 heavy (non-hydrogen) atoms. The highest BCUT2D eigenvalue weighted by molar-refractivity contribution is 6.05. The summed E-state index contributed by atoms with van der Waals surface area (Å²) < 4.78 is 36.4. The van der Waals surface area contributed by atoms with Gasteiger partial charge in [0.05, 0.1) is 28.4 Å². The average molecular weight is 623 g/mol. The predicted molar refractivity (Wildman–Crippen MR) is 175 cm³/mol. The van der Waals surface area contributed by atoms with Gasteiger partial charge in [0, 0.05) is 48.0 Å². The molecule has 8 rings (SSSR count). The Kier molecular flexibility index (Phi) is 7.86. The van der Waals surface area contributed by atoms with Crippen molar-refractivity contribution in [3.63, 3.8) is 0 Å². The van der Waals surface area contributed by atoms with E-state index in [-0.39, 0.29) is 17.5 Å². The Labute approximate surface area is 268 Å². The molecule has 0 saturated carbocycles. The molecule has 0 amide bonds. The Balaban J connectivity index is 1.47. The number of phenolic OH excluding ortho intramolecular Hbond substituents is 1. The maximum Gasteiger partial charge on any atom is 0.204 e. The molecule has 0 spiro atoms. The van der Waals surface area contributed by atoms with Crippen molar-refractivity contribution in [2.24, 2.45) is 4.99 Å². The molecule has 0 aromatic heterocycles. The second-order valence-electron chi connectivity index (χ2n) is 11.8. The summed E-state index contributed by atoms with van der Waals surface area (Å²) in [7, 11) is 8.53. The summed E-state index contributed by atoms with van der Waals surface area (Å²) in [4.78, 5) is 7.24. The van der Waals surface area contributed by atoms with E-state index in [1.807, 2.05) is 36.4 Å². The number of phenols is 1. The molecule has 0 unspecified atom stereocenters. The Morgan fingerprint density at radius 1 is 0.783 bits per heavy atom. The number of rotatable bonds is 4. The van der Waals surface area contributed by atoms with Crippen LogP contribution in [0.2, 0.25) is 0 Å². The number of ether oxygens (including phenoxy) is 6. The van der Waals surface area contributed by atoms with Gasteiger partial charge in [-0.1, -0.05) is 18.2 Å². The summed E-state index contributed by atoms with van der Waals surface area (Å²) in [6.45, 7) is 1.38. The standard InChI is InChI=1S/C37H38N2O7/c1-39-15-13-24-27-20-33(36(43-4)34(24)40)46-35-25-12-14-38-28(26(25)19-32(42-3)37(35)44-5)16-21-6-9-23(10-7-21)45-31-18-22(17-29(27)39)8-11-30(31)41-2/h6-11,18-20,29,40H,12-17H2,1-5H3/t29-/m0/s1. The first kappa shape index (κ1) is 29.8. The number of nitrogens with zero attached hydrogens (tertiary/aromatic N) is 2. The Hall–Kier alpha value is -4.89. The number of methoxy groups -OCH3 is 4. The SMILES string of the molecule is COc1ccc2cc1Oc1ccc(cc1)CC1=NCCc3c1cc(OC)c(OC)c3Oc1cc3c(c(O)c1OC)CCN(C)[C@H]3C2.